The van der Waals surface area contributed by atoms with Gasteiger partial charge in [0.1, 0.15) is 11.4 Å². The average Bonchev–Trinajstić information content (AvgIpc) is 3.21. The van der Waals surface area contributed by atoms with E-state index in [-0.39, 0.29) is 5.56 Å². The summed E-state index contributed by atoms with van der Waals surface area (Å²) < 4.78 is 11.2. The molecular formula is C23H25NO4. The van der Waals surface area contributed by atoms with Gasteiger partial charge in [0.15, 0.2) is 5.76 Å². The summed E-state index contributed by atoms with van der Waals surface area (Å²) in [5.74, 6) is 0.558. The molecule has 2 aromatic carbocycles. The lowest BCUT2D eigenvalue weighted by Gasteiger charge is -2.06. The summed E-state index contributed by atoms with van der Waals surface area (Å²) in [7, 11) is 0. The fraction of sp³-hybridized carbons (Fsp3) is 0.304. The summed E-state index contributed by atoms with van der Waals surface area (Å²) in [5.41, 5.74) is 2.63. The summed E-state index contributed by atoms with van der Waals surface area (Å²) in [6.07, 6.45) is 6.09. The van der Waals surface area contributed by atoms with Crippen LogP contribution in [0.2, 0.25) is 0 Å². The van der Waals surface area contributed by atoms with Gasteiger partial charge in [-0.05, 0) is 42.8 Å². The van der Waals surface area contributed by atoms with E-state index in [0.29, 0.717) is 11.5 Å². The molecular weight excluding hydrogens is 354 g/mol. The van der Waals surface area contributed by atoms with Crippen molar-refractivity contribution in [2.45, 2.75) is 39.0 Å². The van der Waals surface area contributed by atoms with E-state index in [4.69, 9.17) is 14.4 Å². The Hall–Kier alpha value is -3.08. The minimum absolute atomic E-state index is 0.244. The van der Waals surface area contributed by atoms with Crippen molar-refractivity contribution < 1.29 is 19.2 Å². The molecule has 0 saturated carbocycles. The van der Waals surface area contributed by atoms with Crippen LogP contribution in [0.4, 0.5) is 0 Å². The molecule has 0 fully saturated rings. The van der Waals surface area contributed by atoms with Crippen molar-refractivity contribution in [2.24, 2.45) is 0 Å². The van der Waals surface area contributed by atoms with Gasteiger partial charge < -0.3 is 14.4 Å². The third kappa shape index (κ3) is 5.22. The summed E-state index contributed by atoms with van der Waals surface area (Å²) >= 11 is 0. The lowest BCUT2D eigenvalue weighted by molar-refractivity contribution is 0.0697. The molecule has 0 aliphatic heterocycles. The number of carboxylic acid groups (broad SMARTS) is 1. The van der Waals surface area contributed by atoms with E-state index in [9.17, 15) is 4.79 Å². The Morgan fingerprint density at radius 2 is 1.64 bits per heavy atom. The van der Waals surface area contributed by atoms with Crippen LogP contribution in [0.15, 0.2) is 59.1 Å². The van der Waals surface area contributed by atoms with Crippen LogP contribution >= 0.6 is 0 Å². The monoisotopic (exact) mass is 379 g/mol. The van der Waals surface area contributed by atoms with Crippen molar-refractivity contribution >= 4 is 5.97 Å². The number of carboxylic acids is 1. The van der Waals surface area contributed by atoms with Crippen LogP contribution in [-0.2, 0) is 0 Å². The predicted molar refractivity (Wildman–Crippen MR) is 109 cm³/mol. The maximum absolute atomic E-state index is 10.9. The maximum Gasteiger partial charge on any atom is 0.335 e. The van der Waals surface area contributed by atoms with E-state index in [0.717, 1.165) is 29.9 Å². The SMILES string of the molecule is CCCCCCCOc1ccc(-c2cc(-c3ccc(C(=O)O)cc3)no2)cc1. The average molecular weight is 379 g/mol. The van der Waals surface area contributed by atoms with Crippen molar-refractivity contribution in [3.63, 3.8) is 0 Å². The number of aromatic nitrogens is 1. The van der Waals surface area contributed by atoms with Gasteiger partial charge in [-0.1, -0.05) is 49.9 Å². The molecule has 0 amide bonds. The first-order valence-electron chi connectivity index (χ1n) is 9.71. The Kier molecular flexibility index (Phi) is 6.84. The third-order valence-electron chi connectivity index (χ3n) is 4.59. The molecule has 0 aliphatic carbocycles. The zero-order valence-electron chi connectivity index (χ0n) is 16.1. The molecule has 3 rings (SSSR count). The van der Waals surface area contributed by atoms with Gasteiger partial charge in [0.05, 0.1) is 12.2 Å². The summed E-state index contributed by atoms with van der Waals surface area (Å²) in [6, 6.07) is 16.2. The zero-order chi connectivity index (χ0) is 19.8. The molecule has 0 bridgehead atoms. The lowest BCUT2D eigenvalue weighted by Crippen LogP contribution is -1.97. The van der Waals surface area contributed by atoms with Crippen molar-refractivity contribution in [1.82, 2.24) is 5.16 Å². The quantitative estimate of drug-likeness (QED) is 0.434. The van der Waals surface area contributed by atoms with Crippen LogP contribution < -0.4 is 4.74 Å². The van der Waals surface area contributed by atoms with Gasteiger partial charge in [-0.15, -0.1) is 0 Å². The van der Waals surface area contributed by atoms with E-state index in [2.05, 4.69) is 12.1 Å². The highest BCUT2D eigenvalue weighted by Gasteiger charge is 2.10. The van der Waals surface area contributed by atoms with Gasteiger partial charge >= 0.3 is 5.97 Å². The molecule has 1 aromatic heterocycles. The number of nitrogens with zero attached hydrogens (tertiary/aromatic N) is 1. The minimum Gasteiger partial charge on any atom is -0.494 e. The molecule has 1 heterocycles. The number of unbranched alkanes of at least 4 members (excludes halogenated alkanes) is 4. The molecule has 0 atom stereocenters. The standard InChI is InChI=1S/C23H25NO4/c1-2-3-4-5-6-15-27-20-13-11-18(12-14-20)22-16-21(24-28-22)17-7-9-19(10-8-17)23(25)26/h7-14,16H,2-6,15H2,1H3,(H,25,26). The fourth-order valence-electron chi connectivity index (χ4n) is 2.94. The number of ether oxygens (including phenoxy) is 1. The van der Waals surface area contributed by atoms with Crippen molar-refractivity contribution in [3.8, 4) is 28.3 Å². The van der Waals surface area contributed by atoms with Crippen LogP contribution in [0.5, 0.6) is 5.75 Å². The van der Waals surface area contributed by atoms with Gasteiger partial charge in [0.2, 0.25) is 0 Å². The van der Waals surface area contributed by atoms with E-state index >= 15 is 0 Å². The van der Waals surface area contributed by atoms with Crippen LogP contribution in [0, 0.1) is 0 Å². The lowest BCUT2D eigenvalue weighted by atomic mass is 10.1. The van der Waals surface area contributed by atoms with E-state index in [1.165, 1.54) is 25.7 Å². The van der Waals surface area contributed by atoms with Gasteiger partial charge in [-0.25, -0.2) is 4.79 Å². The first kappa shape index (κ1) is 19.7. The smallest absolute Gasteiger partial charge is 0.335 e. The van der Waals surface area contributed by atoms with Crippen molar-refractivity contribution in [1.29, 1.82) is 0 Å². The Morgan fingerprint density at radius 1 is 0.964 bits per heavy atom. The highest BCUT2D eigenvalue weighted by molar-refractivity contribution is 5.88. The Bertz CT molecular complexity index is 882. The normalized spacial score (nSPS) is 10.8. The molecule has 0 unspecified atom stereocenters. The Labute approximate surface area is 164 Å². The number of aromatic carboxylic acids is 1. The molecule has 146 valence electrons. The highest BCUT2D eigenvalue weighted by atomic mass is 16.5. The molecule has 28 heavy (non-hydrogen) atoms. The zero-order valence-corrected chi connectivity index (χ0v) is 16.1. The van der Waals surface area contributed by atoms with E-state index < -0.39 is 5.97 Å². The molecule has 3 aromatic rings. The van der Waals surface area contributed by atoms with Gasteiger partial charge in [-0.3, -0.25) is 0 Å². The van der Waals surface area contributed by atoms with Gasteiger partial charge in [-0.2, -0.15) is 0 Å². The topological polar surface area (TPSA) is 72.6 Å². The van der Waals surface area contributed by atoms with E-state index in [1.54, 1.807) is 24.3 Å². The number of rotatable bonds is 10. The van der Waals surface area contributed by atoms with E-state index in [1.807, 2.05) is 30.3 Å². The largest absolute Gasteiger partial charge is 0.494 e. The van der Waals surface area contributed by atoms with Gasteiger partial charge in [0.25, 0.3) is 0 Å². The summed E-state index contributed by atoms with van der Waals surface area (Å²) in [4.78, 5) is 10.9. The van der Waals surface area contributed by atoms with Crippen LogP contribution in [0.1, 0.15) is 49.4 Å². The maximum atomic E-state index is 10.9. The molecule has 0 saturated heterocycles. The number of hydrogen-bond acceptors (Lipinski definition) is 4. The molecule has 0 radical (unpaired) electrons. The first-order valence-corrected chi connectivity index (χ1v) is 9.71. The van der Waals surface area contributed by atoms with Crippen molar-refractivity contribution in [3.05, 3.63) is 60.2 Å². The van der Waals surface area contributed by atoms with Gasteiger partial charge in [0, 0.05) is 17.2 Å². The Balaban J connectivity index is 1.58. The number of carbonyl (C=O) groups is 1. The third-order valence-corrected chi connectivity index (χ3v) is 4.59. The highest BCUT2D eigenvalue weighted by Crippen LogP contribution is 2.27. The first-order chi connectivity index (χ1) is 13.7. The van der Waals surface area contributed by atoms with Crippen LogP contribution in [0.25, 0.3) is 22.6 Å². The molecule has 5 nitrogen and oxygen atoms in total. The number of benzene rings is 2. The van der Waals surface area contributed by atoms with Crippen molar-refractivity contribution in [2.75, 3.05) is 6.61 Å². The molecule has 5 heteroatoms. The summed E-state index contributed by atoms with van der Waals surface area (Å²) in [6.45, 7) is 2.95. The second-order valence-corrected chi connectivity index (χ2v) is 6.75. The minimum atomic E-state index is -0.948. The van der Waals surface area contributed by atoms with Crippen LogP contribution in [0.3, 0.4) is 0 Å². The molecule has 0 aliphatic rings. The molecule has 1 N–H and O–H groups in total. The molecule has 0 spiro atoms. The Morgan fingerprint density at radius 3 is 2.32 bits per heavy atom. The fourth-order valence-corrected chi connectivity index (χ4v) is 2.94. The summed E-state index contributed by atoms with van der Waals surface area (Å²) in [5, 5.41) is 13.1. The predicted octanol–water partition coefficient (Wildman–Crippen LogP) is 6.06. The second-order valence-electron chi connectivity index (χ2n) is 6.75. The second kappa shape index (κ2) is 9.74. The van der Waals surface area contributed by atoms with Crippen LogP contribution in [-0.4, -0.2) is 22.8 Å². The number of hydrogen-bond donors (Lipinski definition) is 1.